The zero-order valence-corrected chi connectivity index (χ0v) is 10.8. The maximum Gasteiger partial charge on any atom is 0.355 e. The number of thiazole rings is 1. The Hall–Kier alpha value is -1.68. The summed E-state index contributed by atoms with van der Waals surface area (Å²) in [5.41, 5.74) is 4.76. The Labute approximate surface area is 104 Å². The summed E-state index contributed by atoms with van der Waals surface area (Å²) >= 11 is 1.37. The minimum Gasteiger partial charge on any atom is -0.476 e. The first kappa shape index (κ1) is 11.8. The maximum absolute atomic E-state index is 10.8. The normalized spacial score (nSPS) is 10.5. The van der Waals surface area contributed by atoms with Crippen LogP contribution in [0.1, 0.15) is 27.2 Å². The van der Waals surface area contributed by atoms with Crippen LogP contribution in [0.5, 0.6) is 0 Å². The Morgan fingerprint density at radius 3 is 2.53 bits per heavy atom. The van der Waals surface area contributed by atoms with Crippen LogP contribution in [0.2, 0.25) is 0 Å². The molecular weight excluding hydrogens is 234 g/mol. The Morgan fingerprint density at radius 1 is 1.24 bits per heavy atom. The van der Waals surface area contributed by atoms with Gasteiger partial charge in [0.05, 0.1) is 0 Å². The third-order valence-corrected chi connectivity index (χ3v) is 3.89. The number of benzene rings is 1. The fourth-order valence-electron chi connectivity index (χ4n) is 1.68. The second-order valence-corrected chi connectivity index (χ2v) is 4.88. The van der Waals surface area contributed by atoms with Gasteiger partial charge in [-0.3, -0.25) is 0 Å². The topological polar surface area (TPSA) is 50.2 Å². The summed E-state index contributed by atoms with van der Waals surface area (Å²) in [6.07, 6.45) is 0. The lowest BCUT2D eigenvalue weighted by Gasteiger charge is -2.08. The first-order chi connectivity index (χ1) is 8.00. The van der Waals surface area contributed by atoms with Crippen molar-refractivity contribution in [2.45, 2.75) is 20.8 Å². The van der Waals surface area contributed by atoms with Gasteiger partial charge in [-0.25, -0.2) is 9.78 Å². The van der Waals surface area contributed by atoms with E-state index < -0.39 is 5.97 Å². The number of aromatic carboxylic acids is 1. The SMILES string of the molecule is Cc1ccc(-c2nc(C(=O)O)cs2)c(C)c1C. The molecule has 0 aliphatic rings. The monoisotopic (exact) mass is 247 g/mol. The standard InChI is InChI=1S/C13H13NO2S/c1-7-4-5-10(9(3)8(7)2)12-14-11(6-17-12)13(15)16/h4-6H,1-3H3,(H,15,16). The quantitative estimate of drug-likeness (QED) is 0.884. The van der Waals surface area contributed by atoms with Crippen molar-refractivity contribution in [1.29, 1.82) is 0 Å². The van der Waals surface area contributed by atoms with Crippen molar-refractivity contribution in [1.82, 2.24) is 4.98 Å². The van der Waals surface area contributed by atoms with Crippen LogP contribution in [0.4, 0.5) is 0 Å². The van der Waals surface area contributed by atoms with E-state index in [1.54, 1.807) is 5.38 Å². The Bertz CT molecular complexity index is 587. The number of aromatic nitrogens is 1. The number of carbonyl (C=O) groups is 1. The molecule has 0 saturated heterocycles. The molecule has 0 fully saturated rings. The van der Waals surface area contributed by atoms with E-state index in [2.05, 4.69) is 18.8 Å². The van der Waals surface area contributed by atoms with Gasteiger partial charge < -0.3 is 5.11 Å². The van der Waals surface area contributed by atoms with Crippen molar-refractivity contribution in [3.05, 3.63) is 39.9 Å². The molecule has 0 saturated carbocycles. The Balaban J connectivity index is 2.53. The van der Waals surface area contributed by atoms with Crippen molar-refractivity contribution in [2.75, 3.05) is 0 Å². The van der Waals surface area contributed by atoms with Crippen LogP contribution in [0.15, 0.2) is 17.5 Å². The molecular formula is C13H13NO2S. The Kier molecular flexibility index (Phi) is 2.98. The highest BCUT2D eigenvalue weighted by molar-refractivity contribution is 7.13. The second kappa shape index (κ2) is 4.30. The minimum absolute atomic E-state index is 0.114. The molecule has 17 heavy (non-hydrogen) atoms. The molecule has 2 rings (SSSR count). The van der Waals surface area contributed by atoms with E-state index in [0.717, 1.165) is 16.1 Å². The first-order valence-electron chi connectivity index (χ1n) is 5.26. The van der Waals surface area contributed by atoms with E-state index in [-0.39, 0.29) is 5.69 Å². The molecule has 1 aromatic carbocycles. The number of carboxylic acid groups (broad SMARTS) is 1. The van der Waals surface area contributed by atoms with E-state index in [4.69, 9.17) is 5.11 Å². The van der Waals surface area contributed by atoms with Crippen LogP contribution in [0.3, 0.4) is 0 Å². The largest absolute Gasteiger partial charge is 0.476 e. The third kappa shape index (κ3) is 2.08. The number of hydrogen-bond donors (Lipinski definition) is 1. The summed E-state index contributed by atoms with van der Waals surface area (Å²) in [4.78, 5) is 14.9. The molecule has 0 amide bonds. The van der Waals surface area contributed by atoms with Gasteiger partial charge in [-0.1, -0.05) is 12.1 Å². The van der Waals surface area contributed by atoms with Gasteiger partial charge in [0.25, 0.3) is 0 Å². The van der Waals surface area contributed by atoms with Crippen molar-refractivity contribution in [2.24, 2.45) is 0 Å². The lowest BCUT2D eigenvalue weighted by molar-refractivity contribution is 0.0691. The average Bonchev–Trinajstić information content (AvgIpc) is 2.75. The first-order valence-corrected chi connectivity index (χ1v) is 6.14. The molecule has 0 aliphatic carbocycles. The number of carboxylic acids is 1. The summed E-state index contributed by atoms with van der Waals surface area (Å²) in [5, 5.41) is 11.2. The number of nitrogens with zero attached hydrogens (tertiary/aromatic N) is 1. The van der Waals surface area contributed by atoms with Gasteiger partial charge >= 0.3 is 5.97 Å². The number of hydrogen-bond acceptors (Lipinski definition) is 3. The smallest absolute Gasteiger partial charge is 0.355 e. The average molecular weight is 247 g/mol. The molecule has 88 valence electrons. The molecule has 0 radical (unpaired) electrons. The fraction of sp³-hybridized carbons (Fsp3) is 0.231. The second-order valence-electron chi connectivity index (χ2n) is 4.02. The zero-order valence-electron chi connectivity index (χ0n) is 9.94. The molecule has 0 aliphatic heterocycles. The molecule has 1 aromatic heterocycles. The summed E-state index contributed by atoms with van der Waals surface area (Å²) in [7, 11) is 0. The minimum atomic E-state index is -0.978. The van der Waals surface area contributed by atoms with Gasteiger partial charge in [0.1, 0.15) is 5.01 Å². The third-order valence-electron chi connectivity index (χ3n) is 3.01. The lowest BCUT2D eigenvalue weighted by atomic mass is 9.99. The highest BCUT2D eigenvalue weighted by Gasteiger charge is 2.12. The summed E-state index contributed by atoms with van der Waals surface area (Å²) in [6.45, 7) is 6.18. The molecule has 0 bridgehead atoms. The lowest BCUT2D eigenvalue weighted by Crippen LogP contribution is -1.96. The van der Waals surface area contributed by atoms with Crippen LogP contribution in [-0.2, 0) is 0 Å². The molecule has 4 heteroatoms. The molecule has 1 heterocycles. The van der Waals surface area contributed by atoms with E-state index in [0.29, 0.717) is 0 Å². The van der Waals surface area contributed by atoms with E-state index in [1.165, 1.54) is 22.5 Å². The molecule has 0 unspecified atom stereocenters. The Morgan fingerprint density at radius 2 is 1.94 bits per heavy atom. The van der Waals surface area contributed by atoms with Crippen molar-refractivity contribution < 1.29 is 9.90 Å². The summed E-state index contributed by atoms with van der Waals surface area (Å²) in [5.74, 6) is -0.978. The van der Waals surface area contributed by atoms with Crippen LogP contribution in [-0.4, -0.2) is 16.1 Å². The predicted molar refractivity (Wildman–Crippen MR) is 68.7 cm³/mol. The number of rotatable bonds is 2. The number of aryl methyl sites for hydroxylation is 1. The van der Waals surface area contributed by atoms with Crippen LogP contribution in [0.25, 0.3) is 10.6 Å². The van der Waals surface area contributed by atoms with Crippen LogP contribution in [0, 0.1) is 20.8 Å². The molecule has 3 nitrogen and oxygen atoms in total. The summed E-state index contributed by atoms with van der Waals surface area (Å²) in [6, 6.07) is 4.04. The van der Waals surface area contributed by atoms with Gasteiger partial charge in [0.15, 0.2) is 5.69 Å². The highest BCUT2D eigenvalue weighted by Crippen LogP contribution is 2.29. The van der Waals surface area contributed by atoms with Gasteiger partial charge in [0, 0.05) is 10.9 Å². The van der Waals surface area contributed by atoms with Gasteiger partial charge in [-0.2, -0.15) is 0 Å². The highest BCUT2D eigenvalue weighted by atomic mass is 32.1. The predicted octanol–water partition coefficient (Wildman–Crippen LogP) is 3.43. The zero-order chi connectivity index (χ0) is 12.6. The van der Waals surface area contributed by atoms with Crippen LogP contribution >= 0.6 is 11.3 Å². The molecule has 1 N–H and O–H groups in total. The van der Waals surface area contributed by atoms with Crippen LogP contribution < -0.4 is 0 Å². The fourth-order valence-corrected chi connectivity index (χ4v) is 2.56. The molecule has 0 spiro atoms. The van der Waals surface area contributed by atoms with Crippen molar-refractivity contribution in [3.63, 3.8) is 0 Å². The molecule has 2 aromatic rings. The van der Waals surface area contributed by atoms with Gasteiger partial charge in [-0.05, 0) is 37.5 Å². The summed E-state index contributed by atoms with van der Waals surface area (Å²) < 4.78 is 0. The molecule has 0 atom stereocenters. The van der Waals surface area contributed by atoms with E-state index in [1.807, 2.05) is 19.1 Å². The van der Waals surface area contributed by atoms with E-state index in [9.17, 15) is 4.79 Å². The van der Waals surface area contributed by atoms with E-state index >= 15 is 0 Å². The maximum atomic E-state index is 10.8. The van der Waals surface area contributed by atoms with Crippen molar-refractivity contribution >= 4 is 17.3 Å². The van der Waals surface area contributed by atoms with Gasteiger partial charge in [-0.15, -0.1) is 11.3 Å². The van der Waals surface area contributed by atoms with Gasteiger partial charge in [0.2, 0.25) is 0 Å². The van der Waals surface area contributed by atoms with Crippen molar-refractivity contribution in [3.8, 4) is 10.6 Å².